The Balaban J connectivity index is 1.69. The molecule has 7 heteroatoms. The van der Waals surface area contributed by atoms with E-state index in [1.807, 2.05) is 36.7 Å². The Hall–Kier alpha value is -3.74. The van der Waals surface area contributed by atoms with Crippen LogP contribution >= 0.6 is 0 Å². The summed E-state index contributed by atoms with van der Waals surface area (Å²) in [5.74, 6) is -0.332. The number of nitrogens with zero attached hydrogens (tertiary/aromatic N) is 3. The molecule has 1 N–H and O–H groups in total. The SMILES string of the molecule is CCn1ccc(=Nc2ccc(NC(=O)c3ccc([N+](=O)[O-])cc3)cc2)cc1. The first-order valence-corrected chi connectivity index (χ1v) is 8.42. The second-order valence-corrected chi connectivity index (χ2v) is 5.80. The zero-order chi connectivity index (χ0) is 19.2. The van der Waals surface area contributed by atoms with Gasteiger partial charge < -0.3 is 9.88 Å². The monoisotopic (exact) mass is 362 g/mol. The number of benzene rings is 2. The summed E-state index contributed by atoms with van der Waals surface area (Å²) in [4.78, 5) is 26.9. The van der Waals surface area contributed by atoms with E-state index in [0.29, 0.717) is 11.3 Å². The summed E-state index contributed by atoms with van der Waals surface area (Å²) in [6.07, 6.45) is 3.94. The van der Waals surface area contributed by atoms with E-state index < -0.39 is 4.92 Å². The highest BCUT2D eigenvalue weighted by molar-refractivity contribution is 6.04. The van der Waals surface area contributed by atoms with Crippen molar-refractivity contribution in [3.8, 4) is 0 Å². The summed E-state index contributed by atoms with van der Waals surface area (Å²) in [6, 6.07) is 16.5. The van der Waals surface area contributed by atoms with Gasteiger partial charge in [-0.05, 0) is 55.5 Å². The highest BCUT2D eigenvalue weighted by Gasteiger charge is 2.09. The van der Waals surface area contributed by atoms with Crippen LogP contribution in [0.5, 0.6) is 0 Å². The van der Waals surface area contributed by atoms with E-state index in [1.165, 1.54) is 24.3 Å². The number of rotatable bonds is 5. The predicted molar refractivity (Wildman–Crippen MR) is 103 cm³/mol. The second-order valence-electron chi connectivity index (χ2n) is 5.80. The van der Waals surface area contributed by atoms with Crippen LogP contribution < -0.4 is 10.7 Å². The average Bonchev–Trinajstić information content (AvgIpc) is 2.70. The minimum absolute atomic E-state index is 0.0529. The Bertz CT molecular complexity index is 1000. The molecule has 1 heterocycles. The molecule has 0 saturated carbocycles. The van der Waals surface area contributed by atoms with E-state index >= 15 is 0 Å². The molecule has 3 rings (SSSR count). The third-order valence-electron chi connectivity index (χ3n) is 3.96. The van der Waals surface area contributed by atoms with Crippen LogP contribution in [0.15, 0.2) is 78.0 Å². The molecule has 0 fully saturated rings. The molecule has 0 bridgehead atoms. The van der Waals surface area contributed by atoms with Gasteiger partial charge >= 0.3 is 0 Å². The largest absolute Gasteiger partial charge is 0.354 e. The third kappa shape index (κ3) is 4.66. The molecule has 0 aliphatic carbocycles. The van der Waals surface area contributed by atoms with E-state index in [1.54, 1.807) is 12.1 Å². The number of amides is 1. The molecule has 3 aromatic rings. The van der Waals surface area contributed by atoms with E-state index in [-0.39, 0.29) is 11.6 Å². The van der Waals surface area contributed by atoms with E-state index in [0.717, 1.165) is 17.6 Å². The third-order valence-corrected chi connectivity index (χ3v) is 3.96. The number of aryl methyl sites for hydroxylation is 1. The molecule has 0 atom stereocenters. The first kappa shape index (κ1) is 18.1. The van der Waals surface area contributed by atoms with Gasteiger partial charge in [-0.25, -0.2) is 4.99 Å². The van der Waals surface area contributed by atoms with Crippen LogP contribution in [0.4, 0.5) is 17.1 Å². The normalized spacial score (nSPS) is 10.3. The van der Waals surface area contributed by atoms with Crippen LogP contribution in [0.1, 0.15) is 17.3 Å². The fourth-order valence-corrected chi connectivity index (χ4v) is 2.44. The fraction of sp³-hybridized carbons (Fsp3) is 0.100. The standard InChI is InChI=1S/C20H18N4O3/c1-2-23-13-11-18(12-14-23)21-16-5-7-17(8-6-16)22-20(25)15-3-9-19(10-4-15)24(26)27/h3-14H,2H2,1H3,(H,22,25). The number of anilines is 1. The van der Waals surface area contributed by atoms with Crippen molar-refractivity contribution in [3.63, 3.8) is 0 Å². The van der Waals surface area contributed by atoms with Gasteiger partial charge in [-0.1, -0.05) is 0 Å². The van der Waals surface area contributed by atoms with Gasteiger partial charge in [0.2, 0.25) is 0 Å². The van der Waals surface area contributed by atoms with Crippen molar-refractivity contribution in [3.05, 3.63) is 94.1 Å². The van der Waals surface area contributed by atoms with E-state index in [9.17, 15) is 14.9 Å². The smallest absolute Gasteiger partial charge is 0.269 e. The first-order chi connectivity index (χ1) is 13.0. The Morgan fingerprint density at radius 3 is 2.22 bits per heavy atom. The summed E-state index contributed by atoms with van der Waals surface area (Å²) in [5.41, 5.74) is 1.69. The molecule has 0 spiro atoms. The Morgan fingerprint density at radius 1 is 1.04 bits per heavy atom. The van der Waals surface area contributed by atoms with E-state index in [2.05, 4.69) is 21.8 Å². The zero-order valence-corrected chi connectivity index (χ0v) is 14.7. The number of non-ortho nitro benzene ring substituents is 1. The number of pyridine rings is 1. The molecule has 7 nitrogen and oxygen atoms in total. The molecule has 0 aliphatic heterocycles. The maximum absolute atomic E-state index is 12.2. The van der Waals surface area contributed by atoms with Gasteiger partial charge in [-0.2, -0.15) is 0 Å². The number of aromatic nitrogens is 1. The molecule has 1 aromatic heterocycles. The lowest BCUT2D eigenvalue weighted by Gasteiger charge is -2.05. The minimum atomic E-state index is -0.502. The number of carbonyl (C=O) groups excluding carboxylic acids is 1. The van der Waals surface area contributed by atoms with Gasteiger partial charge in [-0.3, -0.25) is 14.9 Å². The average molecular weight is 362 g/mol. The van der Waals surface area contributed by atoms with Gasteiger partial charge in [0, 0.05) is 42.3 Å². The molecule has 2 aromatic carbocycles. The molecule has 0 aliphatic rings. The highest BCUT2D eigenvalue weighted by Crippen LogP contribution is 2.17. The number of nitrogens with one attached hydrogen (secondary N) is 1. The molecule has 136 valence electrons. The maximum atomic E-state index is 12.2. The molecule has 1 amide bonds. The number of hydrogen-bond donors (Lipinski definition) is 1. The summed E-state index contributed by atoms with van der Waals surface area (Å²) in [5, 5.41) is 14.3. The van der Waals surface area contributed by atoms with Crippen LogP contribution in [0, 0.1) is 10.1 Å². The lowest BCUT2D eigenvalue weighted by atomic mass is 10.2. The predicted octanol–water partition coefficient (Wildman–Crippen LogP) is 3.90. The van der Waals surface area contributed by atoms with Crippen LogP contribution in [0.3, 0.4) is 0 Å². The topological polar surface area (TPSA) is 89.5 Å². The molecule has 0 radical (unpaired) electrons. The number of carbonyl (C=O) groups is 1. The van der Waals surface area contributed by atoms with Crippen molar-refractivity contribution in [2.75, 3.05) is 5.32 Å². The van der Waals surface area contributed by atoms with Crippen LogP contribution in [0.25, 0.3) is 0 Å². The van der Waals surface area contributed by atoms with Crippen molar-refractivity contribution in [2.24, 2.45) is 4.99 Å². The highest BCUT2D eigenvalue weighted by atomic mass is 16.6. The summed E-state index contributed by atoms with van der Waals surface area (Å²) in [6.45, 7) is 2.98. The number of nitro groups is 1. The summed E-state index contributed by atoms with van der Waals surface area (Å²) in [7, 11) is 0. The van der Waals surface area contributed by atoms with Gasteiger partial charge in [0.15, 0.2) is 0 Å². The van der Waals surface area contributed by atoms with Crippen LogP contribution in [-0.2, 0) is 6.54 Å². The van der Waals surface area contributed by atoms with Gasteiger partial charge in [0.1, 0.15) is 0 Å². The molecule has 0 saturated heterocycles. The Morgan fingerprint density at radius 2 is 1.67 bits per heavy atom. The molecular formula is C20H18N4O3. The number of hydrogen-bond acceptors (Lipinski definition) is 4. The Labute approximate surface area is 155 Å². The van der Waals surface area contributed by atoms with Gasteiger partial charge in [0.05, 0.1) is 16.0 Å². The fourth-order valence-electron chi connectivity index (χ4n) is 2.44. The van der Waals surface area contributed by atoms with Crippen molar-refractivity contribution in [1.29, 1.82) is 0 Å². The second kappa shape index (κ2) is 8.09. The summed E-state index contributed by atoms with van der Waals surface area (Å²) >= 11 is 0. The van der Waals surface area contributed by atoms with Crippen LogP contribution in [-0.4, -0.2) is 15.4 Å². The Kier molecular flexibility index (Phi) is 5.41. The van der Waals surface area contributed by atoms with Gasteiger partial charge in [0.25, 0.3) is 11.6 Å². The lowest BCUT2D eigenvalue weighted by Crippen LogP contribution is -2.11. The van der Waals surface area contributed by atoms with Crippen molar-refractivity contribution in [1.82, 2.24) is 4.57 Å². The molecule has 0 unspecified atom stereocenters. The van der Waals surface area contributed by atoms with E-state index in [4.69, 9.17) is 0 Å². The van der Waals surface area contributed by atoms with Crippen molar-refractivity contribution < 1.29 is 9.72 Å². The number of nitro benzene ring substituents is 1. The van der Waals surface area contributed by atoms with Crippen LogP contribution in [0.2, 0.25) is 0 Å². The zero-order valence-electron chi connectivity index (χ0n) is 14.7. The molecular weight excluding hydrogens is 344 g/mol. The minimum Gasteiger partial charge on any atom is -0.354 e. The van der Waals surface area contributed by atoms with Gasteiger partial charge in [-0.15, -0.1) is 0 Å². The first-order valence-electron chi connectivity index (χ1n) is 8.42. The summed E-state index contributed by atoms with van der Waals surface area (Å²) < 4.78 is 2.05. The molecule has 27 heavy (non-hydrogen) atoms. The van der Waals surface area contributed by atoms with Crippen molar-refractivity contribution >= 4 is 23.0 Å². The lowest BCUT2D eigenvalue weighted by molar-refractivity contribution is -0.384. The maximum Gasteiger partial charge on any atom is 0.269 e. The quantitative estimate of drug-likeness (QED) is 0.551. The van der Waals surface area contributed by atoms with Crippen molar-refractivity contribution in [2.45, 2.75) is 13.5 Å².